The number of rotatable bonds is 2. The van der Waals surface area contributed by atoms with Gasteiger partial charge in [0.1, 0.15) is 0 Å². The molecule has 1 fully saturated rings. The molecule has 2 rings (SSSR count). The molecule has 0 radical (unpaired) electrons. The molecule has 18 heavy (non-hydrogen) atoms. The maximum atomic E-state index is 12.0. The molecule has 1 amide bonds. The molecule has 1 saturated heterocycles. The van der Waals surface area contributed by atoms with Crippen LogP contribution in [0.3, 0.4) is 0 Å². The van der Waals surface area contributed by atoms with Crippen LogP contribution in [0.25, 0.3) is 0 Å². The Morgan fingerprint density at radius 2 is 2.28 bits per heavy atom. The summed E-state index contributed by atoms with van der Waals surface area (Å²) in [5, 5.41) is 0.0604. The van der Waals surface area contributed by atoms with Crippen molar-refractivity contribution in [2.75, 3.05) is 17.2 Å². The molecule has 1 atom stereocenters. The largest absolute Gasteiger partial charge is 0.397 e. The average molecular weight is 329 g/mol. The van der Waals surface area contributed by atoms with E-state index in [9.17, 15) is 9.59 Å². The molecule has 1 aliphatic rings. The van der Waals surface area contributed by atoms with Crippen LogP contribution < -0.4 is 10.6 Å². The summed E-state index contributed by atoms with van der Waals surface area (Å²) in [6.45, 7) is 2.05. The lowest BCUT2D eigenvalue weighted by Crippen LogP contribution is -2.25. The molecule has 1 aromatic carbocycles. The molecule has 1 heterocycles. The second kappa shape index (κ2) is 5.32. The van der Waals surface area contributed by atoms with Crippen LogP contribution in [0.5, 0.6) is 0 Å². The maximum absolute atomic E-state index is 12.0. The first-order valence-electron chi connectivity index (χ1n) is 5.50. The van der Waals surface area contributed by atoms with E-state index in [-0.39, 0.29) is 16.3 Å². The Bertz CT molecular complexity index is 507. The number of nitrogens with zero attached hydrogens (tertiary/aromatic N) is 1. The Morgan fingerprint density at radius 3 is 2.94 bits per heavy atom. The molecule has 0 bridgehead atoms. The Hall–Kier alpha value is -1.01. The van der Waals surface area contributed by atoms with Crippen molar-refractivity contribution < 1.29 is 9.59 Å². The van der Waals surface area contributed by atoms with Crippen LogP contribution in [0.1, 0.15) is 13.3 Å². The maximum Gasteiger partial charge on any atom is 0.228 e. The molecule has 6 heteroatoms. The Morgan fingerprint density at radius 1 is 1.56 bits per heavy atom. The molecular weight excluding hydrogens is 316 g/mol. The second-order valence-corrected chi connectivity index (χ2v) is 6.54. The summed E-state index contributed by atoms with van der Waals surface area (Å²) in [6.07, 6.45) is 0.385. The van der Waals surface area contributed by atoms with E-state index in [1.54, 1.807) is 11.0 Å². The van der Waals surface area contributed by atoms with Crippen LogP contribution in [0, 0.1) is 0 Å². The minimum absolute atomic E-state index is 0.0125. The molecule has 2 N–H and O–H groups in total. The Balaban J connectivity index is 2.21. The fraction of sp³-hybridized carbons (Fsp3) is 0.333. The van der Waals surface area contributed by atoms with E-state index < -0.39 is 0 Å². The van der Waals surface area contributed by atoms with Crippen LogP contribution in [-0.2, 0) is 9.59 Å². The molecule has 0 aromatic heterocycles. The van der Waals surface area contributed by atoms with E-state index in [0.29, 0.717) is 24.3 Å². The van der Waals surface area contributed by atoms with Gasteiger partial charge in [0.15, 0.2) is 5.12 Å². The van der Waals surface area contributed by atoms with Gasteiger partial charge in [0, 0.05) is 29.6 Å². The van der Waals surface area contributed by atoms with E-state index in [1.807, 2.05) is 12.1 Å². The Kier molecular flexibility index (Phi) is 3.97. The lowest BCUT2D eigenvalue weighted by atomic mass is 10.2. The molecule has 0 spiro atoms. The first kappa shape index (κ1) is 13.4. The lowest BCUT2D eigenvalue weighted by molar-refractivity contribution is -0.117. The highest BCUT2D eigenvalue weighted by Gasteiger charge is 2.32. The van der Waals surface area contributed by atoms with Crippen LogP contribution >= 0.6 is 27.7 Å². The van der Waals surface area contributed by atoms with Gasteiger partial charge in [0.05, 0.1) is 11.4 Å². The Labute approximate surface area is 118 Å². The van der Waals surface area contributed by atoms with Gasteiger partial charge in [-0.15, -0.1) is 0 Å². The third kappa shape index (κ3) is 2.87. The summed E-state index contributed by atoms with van der Waals surface area (Å²) in [6, 6.07) is 5.42. The monoisotopic (exact) mass is 328 g/mol. The summed E-state index contributed by atoms with van der Waals surface area (Å²) in [4.78, 5) is 24.7. The van der Waals surface area contributed by atoms with E-state index in [2.05, 4.69) is 15.9 Å². The number of nitrogen functional groups attached to an aromatic ring is 1. The first-order valence-corrected chi connectivity index (χ1v) is 7.17. The summed E-state index contributed by atoms with van der Waals surface area (Å²) < 4.78 is 0.877. The minimum atomic E-state index is 0.0125. The number of benzene rings is 1. The number of amides is 1. The third-order valence-electron chi connectivity index (χ3n) is 2.71. The van der Waals surface area contributed by atoms with Crippen LogP contribution in [-0.4, -0.2) is 22.8 Å². The number of nitrogens with two attached hydrogens (primary N) is 1. The summed E-state index contributed by atoms with van der Waals surface area (Å²) in [7, 11) is 0. The van der Waals surface area contributed by atoms with Gasteiger partial charge < -0.3 is 10.6 Å². The molecule has 1 unspecified atom stereocenters. The zero-order valence-electron chi connectivity index (χ0n) is 9.85. The van der Waals surface area contributed by atoms with E-state index in [0.717, 1.165) is 4.47 Å². The van der Waals surface area contributed by atoms with Crippen molar-refractivity contribution in [3.05, 3.63) is 22.7 Å². The lowest BCUT2D eigenvalue weighted by Gasteiger charge is -2.18. The minimum Gasteiger partial charge on any atom is -0.397 e. The zero-order chi connectivity index (χ0) is 13.3. The summed E-state index contributed by atoms with van der Waals surface area (Å²) >= 11 is 4.59. The molecular formula is C12H13BrN2O2S. The first-order chi connectivity index (χ1) is 8.47. The van der Waals surface area contributed by atoms with Crippen LogP contribution in [0.2, 0.25) is 0 Å². The third-order valence-corrected chi connectivity index (χ3v) is 4.18. The molecule has 1 aliphatic heterocycles. The van der Waals surface area contributed by atoms with Gasteiger partial charge >= 0.3 is 0 Å². The van der Waals surface area contributed by atoms with Gasteiger partial charge in [0.2, 0.25) is 5.91 Å². The standard InChI is InChI=1S/C12H13BrN2O2S/c1-7(16)18-9-5-12(17)15(6-9)11-4-8(13)2-3-10(11)14/h2-4,9H,5-6,14H2,1H3. The average Bonchev–Trinajstić information content (AvgIpc) is 2.62. The second-order valence-electron chi connectivity index (χ2n) is 4.14. The van der Waals surface area contributed by atoms with Gasteiger partial charge in [-0.05, 0) is 18.2 Å². The van der Waals surface area contributed by atoms with E-state index in [1.165, 1.54) is 18.7 Å². The van der Waals surface area contributed by atoms with E-state index >= 15 is 0 Å². The summed E-state index contributed by atoms with van der Waals surface area (Å²) in [5.41, 5.74) is 7.17. The number of hydrogen-bond donors (Lipinski definition) is 1. The number of hydrogen-bond acceptors (Lipinski definition) is 4. The predicted molar refractivity (Wildman–Crippen MR) is 77.6 cm³/mol. The topological polar surface area (TPSA) is 63.4 Å². The van der Waals surface area contributed by atoms with Crippen molar-refractivity contribution in [3.8, 4) is 0 Å². The SMILES string of the molecule is CC(=O)SC1CC(=O)N(c2cc(Br)ccc2N)C1. The van der Waals surface area contributed by atoms with Gasteiger partial charge in [0.25, 0.3) is 0 Å². The highest BCUT2D eigenvalue weighted by Crippen LogP contribution is 2.33. The quantitative estimate of drug-likeness (QED) is 0.847. The van der Waals surface area contributed by atoms with E-state index in [4.69, 9.17) is 5.73 Å². The van der Waals surface area contributed by atoms with Crippen molar-refractivity contribution in [1.29, 1.82) is 0 Å². The van der Waals surface area contributed by atoms with Crippen molar-refractivity contribution in [2.45, 2.75) is 18.6 Å². The predicted octanol–water partition coefficient (Wildman–Crippen LogP) is 2.42. The van der Waals surface area contributed by atoms with Gasteiger partial charge in [-0.3, -0.25) is 9.59 Å². The molecule has 0 saturated carbocycles. The molecule has 0 aliphatic carbocycles. The normalized spacial score (nSPS) is 19.3. The van der Waals surface area contributed by atoms with Crippen LogP contribution in [0.4, 0.5) is 11.4 Å². The zero-order valence-corrected chi connectivity index (χ0v) is 12.3. The number of anilines is 2. The number of carbonyl (C=O) groups is 2. The van der Waals surface area contributed by atoms with Crippen molar-refractivity contribution >= 4 is 50.1 Å². The number of halogens is 1. The highest BCUT2D eigenvalue weighted by molar-refractivity contribution is 9.10. The molecule has 4 nitrogen and oxygen atoms in total. The molecule has 1 aromatic rings. The summed E-state index contributed by atoms with van der Waals surface area (Å²) in [5.74, 6) is 0.0125. The van der Waals surface area contributed by atoms with Gasteiger partial charge in [-0.1, -0.05) is 27.7 Å². The van der Waals surface area contributed by atoms with Crippen LogP contribution in [0.15, 0.2) is 22.7 Å². The fourth-order valence-electron chi connectivity index (χ4n) is 1.97. The number of thioether (sulfide) groups is 1. The van der Waals surface area contributed by atoms with Crippen molar-refractivity contribution in [1.82, 2.24) is 0 Å². The van der Waals surface area contributed by atoms with Gasteiger partial charge in [-0.25, -0.2) is 0 Å². The smallest absolute Gasteiger partial charge is 0.228 e. The van der Waals surface area contributed by atoms with Crippen molar-refractivity contribution in [2.24, 2.45) is 0 Å². The van der Waals surface area contributed by atoms with Crippen molar-refractivity contribution in [3.63, 3.8) is 0 Å². The number of carbonyl (C=O) groups excluding carboxylic acids is 2. The molecule has 96 valence electrons. The van der Waals surface area contributed by atoms with Gasteiger partial charge in [-0.2, -0.15) is 0 Å². The fourth-order valence-corrected chi connectivity index (χ4v) is 3.24. The highest BCUT2D eigenvalue weighted by atomic mass is 79.9.